The largest absolute Gasteiger partial charge is 0.378 e. The van der Waals surface area contributed by atoms with Crippen molar-refractivity contribution in [2.75, 3.05) is 37.7 Å². The minimum Gasteiger partial charge on any atom is -0.378 e. The molecule has 2 aromatic rings. The highest BCUT2D eigenvalue weighted by Crippen LogP contribution is 2.46. The second kappa shape index (κ2) is 9.38. The third-order valence-corrected chi connectivity index (χ3v) is 7.51. The molecule has 5 rings (SSSR count). The molecule has 0 radical (unpaired) electrons. The molecule has 1 spiro atoms. The van der Waals surface area contributed by atoms with Gasteiger partial charge in [0.1, 0.15) is 5.69 Å². The number of ether oxygens (including phenoxy) is 1. The second-order valence-corrected chi connectivity index (χ2v) is 9.68. The molecule has 1 saturated carbocycles. The molecule has 0 atom stereocenters. The maximum absolute atomic E-state index is 13.3. The van der Waals surface area contributed by atoms with Crippen LogP contribution in [-0.2, 0) is 9.53 Å². The van der Waals surface area contributed by atoms with Gasteiger partial charge in [0.05, 0.1) is 25.0 Å². The van der Waals surface area contributed by atoms with Crippen LogP contribution in [0, 0.1) is 5.41 Å². The molecule has 0 bridgehead atoms. The highest BCUT2D eigenvalue weighted by molar-refractivity contribution is 6.31. The number of benzene rings is 1. The summed E-state index contributed by atoms with van der Waals surface area (Å²) in [7, 11) is 0. The van der Waals surface area contributed by atoms with Gasteiger partial charge in [-0.1, -0.05) is 17.7 Å². The number of hydrogen-bond donors (Lipinski definition) is 2. The van der Waals surface area contributed by atoms with E-state index in [-0.39, 0.29) is 40.6 Å². The summed E-state index contributed by atoms with van der Waals surface area (Å²) in [6.45, 7) is 2.61. The first-order valence-electron chi connectivity index (χ1n) is 11.8. The van der Waals surface area contributed by atoms with E-state index in [4.69, 9.17) is 16.3 Å². The number of anilines is 1. The van der Waals surface area contributed by atoms with Crippen molar-refractivity contribution in [1.29, 1.82) is 0 Å². The lowest BCUT2D eigenvalue weighted by molar-refractivity contribution is -0.127. The summed E-state index contributed by atoms with van der Waals surface area (Å²) in [5.41, 5.74) is 0.770. The molecule has 3 heterocycles. The molecule has 1 aromatic carbocycles. The number of morpholine rings is 1. The predicted octanol–water partition coefficient (Wildman–Crippen LogP) is 2.63. The Balaban J connectivity index is 1.20. The van der Waals surface area contributed by atoms with Crippen molar-refractivity contribution >= 4 is 35.0 Å². The molecular formula is C24H28ClN5O4. The Labute approximate surface area is 202 Å². The van der Waals surface area contributed by atoms with Crippen LogP contribution in [-0.4, -0.2) is 71.5 Å². The van der Waals surface area contributed by atoms with Crippen LogP contribution < -0.4 is 10.2 Å². The molecule has 2 aliphatic heterocycles. The van der Waals surface area contributed by atoms with E-state index in [0.717, 1.165) is 24.9 Å². The number of amides is 3. The first kappa shape index (κ1) is 22.9. The summed E-state index contributed by atoms with van der Waals surface area (Å²) in [4.78, 5) is 49.5. The minimum absolute atomic E-state index is 0.0548. The summed E-state index contributed by atoms with van der Waals surface area (Å²) in [5.74, 6) is -0.463. The van der Waals surface area contributed by atoms with Gasteiger partial charge in [-0.3, -0.25) is 14.4 Å². The maximum Gasteiger partial charge on any atom is 0.275 e. The summed E-state index contributed by atoms with van der Waals surface area (Å²) in [6, 6.07) is 7.34. The molecule has 2 saturated heterocycles. The zero-order chi connectivity index (χ0) is 23.7. The monoisotopic (exact) mass is 485 g/mol. The van der Waals surface area contributed by atoms with E-state index >= 15 is 0 Å². The zero-order valence-corrected chi connectivity index (χ0v) is 19.6. The average Bonchev–Trinajstić information content (AvgIpc) is 3.47. The van der Waals surface area contributed by atoms with Crippen LogP contribution in [0.1, 0.15) is 53.1 Å². The number of nitrogens with zero attached hydrogens (tertiary/aromatic N) is 3. The lowest BCUT2D eigenvalue weighted by Gasteiger charge is -2.36. The molecule has 3 amide bonds. The van der Waals surface area contributed by atoms with Gasteiger partial charge in [0.15, 0.2) is 5.69 Å². The number of halogens is 1. The molecular weight excluding hydrogens is 458 g/mol. The highest BCUT2D eigenvalue weighted by atomic mass is 35.5. The van der Waals surface area contributed by atoms with Crippen LogP contribution in [0.5, 0.6) is 0 Å². The van der Waals surface area contributed by atoms with E-state index in [1.165, 1.54) is 6.33 Å². The topological polar surface area (TPSA) is 108 Å². The smallest absolute Gasteiger partial charge is 0.275 e. The van der Waals surface area contributed by atoms with Crippen molar-refractivity contribution in [2.24, 2.45) is 5.41 Å². The first-order chi connectivity index (χ1) is 16.5. The second-order valence-electron chi connectivity index (χ2n) is 9.25. The van der Waals surface area contributed by atoms with Crippen molar-refractivity contribution in [1.82, 2.24) is 20.2 Å². The number of hydrogen-bond acceptors (Lipinski definition) is 5. The van der Waals surface area contributed by atoms with Crippen LogP contribution in [0.15, 0.2) is 30.6 Å². The highest BCUT2D eigenvalue weighted by Gasteiger charge is 2.49. The Hall–Kier alpha value is -2.91. The summed E-state index contributed by atoms with van der Waals surface area (Å²) in [6.07, 6.45) is 5.04. The van der Waals surface area contributed by atoms with Gasteiger partial charge < -0.3 is 24.8 Å². The lowest BCUT2D eigenvalue weighted by Crippen LogP contribution is -2.45. The van der Waals surface area contributed by atoms with Gasteiger partial charge in [-0.05, 0) is 50.3 Å². The average molecular weight is 486 g/mol. The van der Waals surface area contributed by atoms with Gasteiger partial charge in [-0.25, -0.2) is 4.98 Å². The van der Waals surface area contributed by atoms with E-state index in [9.17, 15) is 14.4 Å². The fraction of sp³-hybridized carbons (Fsp3) is 0.500. The SMILES string of the molecule is O=C(N[C@H]1CC[C@@]2(CCN(c3cccc(Cl)c3)C2=O)CC1)c1[nH]cnc1C(=O)N1CCOCC1. The van der Waals surface area contributed by atoms with Gasteiger partial charge in [0.2, 0.25) is 5.91 Å². The normalized spacial score (nSPS) is 25.1. The molecule has 9 nitrogen and oxygen atoms in total. The first-order valence-corrected chi connectivity index (χ1v) is 12.1. The fourth-order valence-corrected chi connectivity index (χ4v) is 5.48. The molecule has 10 heteroatoms. The van der Waals surface area contributed by atoms with Gasteiger partial charge >= 0.3 is 0 Å². The van der Waals surface area contributed by atoms with Gasteiger partial charge in [0, 0.05) is 36.4 Å². The van der Waals surface area contributed by atoms with Crippen molar-refractivity contribution in [2.45, 2.75) is 38.1 Å². The summed E-state index contributed by atoms with van der Waals surface area (Å²) >= 11 is 6.12. The third kappa shape index (κ3) is 4.30. The molecule has 180 valence electrons. The van der Waals surface area contributed by atoms with Crippen LogP contribution in [0.2, 0.25) is 5.02 Å². The molecule has 2 N–H and O–H groups in total. The Morgan fingerprint density at radius 3 is 2.65 bits per heavy atom. The number of carbonyl (C=O) groups is 3. The maximum atomic E-state index is 13.3. The van der Waals surface area contributed by atoms with Crippen LogP contribution in [0.4, 0.5) is 5.69 Å². The molecule has 1 aliphatic carbocycles. The number of aromatic amines is 1. The predicted molar refractivity (Wildman–Crippen MR) is 126 cm³/mol. The number of H-pyrrole nitrogens is 1. The Morgan fingerprint density at radius 2 is 1.91 bits per heavy atom. The minimum atomic E-state index is -0.380. The van der Waals surface area contributed by atoms with Crippen LogP contribution in [0.25, 0.3) is 0 Å². The number of nitrogens with one attached hydrogen (secondary N) is 2. The quantitative estimate of drug-likeness (QED) is 0.692. The fourth-order valence-electron chi connectivity index (χ4n) is 5.29. The van der Waals surface area contributed by atoms with Gasteiger partial charge in [0.25, 0.3) is 11.8 Å². The van der Waals surface area contributed by atoms with Crippen molar-refractivity contribution in [3.63, 3.8) is 0 Å². The zero-order valence-electron chi connectivity index (χ0n) is 18.9. The number of imidazole rings is 1. The van der Waals surface area contributed by atoms with E-state index in [1.807, 2.05) is 23.1 Å². The standard InChI is InChI=1S/C24H28ClN5O4/c25-16-2-1-3-18(14-16)30-9-8-24(23(30)33)6-4-17(5-7-24)28-21(31)19-20(27-15-26-19)22(32)29-10-12-34-13-11-29/h1-3,14-15,17H,4-13H2,(H,26,27)(H,28,31)/t17-,24-. The lowest BCUT2D eigenvalue weighted by atomic mass is 9.71. The van der Waals surface area contributed by atoms with Crippen molar-refractivity contribution in [3.8, 4) is 0 Å². The molecule has 3 fully saturated rings. The van der Waals surface area contributed by atoms with Gasteiger partial charge in [-0.2, -0.15) is 0 Å². The Kier molecular flexibility index (Phi) is 6.31. The molecule has 0 unspecified atom stereocenters. The Morgan fingerprint density at radius 1 is 1.15 bits per heavy atom. The number of aromatic nitrogens is 2. The number of carbonyl (C=O) groups excluding carboxylic acids is 3. The summed E-state index contributed by atoms with van der Waals surface area (Å²) < 4.78 is 5.30. The van der Waals surface area contributed by atoms with E-state index in [0.29, 0.717) is 50.7 Å². The van der Waals surface area contributed by atoms with Crippen molar-refractivity contribution < 1.29 is 19.1 Å². The molecule has 34 heavy (non-hydrogen) atoms. The molecule has 1 aromatic heterocycles. The van der Waals surface area contributed by atoms with E-state index in [1.54, 1.807) is 11.0 Å². The third-order valence-electron chi connectivity index (χ3n) is 7.28. The van der Waals surface area contributed by atoms with Gasteiger partial charge in [-0.15, -0.1) is 0 Å². The Bertz CT molecular complexity index is 1090. The van der Waals surface area contributed by atoms with Crippen LogP contribution in [0.3, 0.4) is 0 Å². The summed E-state index contributed by atoms with van der Waals surface area (Å²) in [5, 5.41) is 3.66. The number of rotatable bonds is 4. The van der Waals surface area contributed by atoms with E-state index in [2.05, 4.69) is 15.3 Å². The molecule has 3 aliphatic rings. The van der Waals surface area contributed by atoms with Crippen molar-refractivity contribution in [3.05, 3.63) is 47.0 Å². The van der Waals surface area contributed by atoms with Crippen LogP contribution >= 0.6 is 11.6 Å². The van der Waals surface area contributed by atoms with E-state index < -0.39 is 0 Å².